The van der Waals surface area contributed by atoms with E-state index >= 15 is 0 Å². The first-order chi connectivity index (χ1) is 13.1. The molecule has 1 rings (SSSR count). The molecule has 0 aliphatic carbocycles. The van der Waals surface area contributed by atoms with Crippen molar-refractivity contribution in [3.63, 3.8) is 0 Å². The summed E-state index contributed by atoms with van der Waals surface area (Å²) in [5.74, 6) is -2.69. The number of carboxylic acid groups (broad SMARTS) is 2. The van der Waals surface area contributed by atoms with Crippen molar-refractivity contribution < 1.29 is 29.4 Å². The van der Waals surface area contributed by atoms with Crippen molar-refractivity contribution in [1.82, 2.24) is 0 Å². The van der Waals surface area contributed by atoms with Crippen LogP contribution in [0.3, 0.4) is 0 Å². The van der Waals surface area contributed by atoms with Crippen LogP contribution in [0.15, 0.2) is 41.6 Å². The van der Waals surface area contributed by atoms with Gasteiger partial charge in [0.2, 0.25) is 5.78 Å². The highest BCUT2D eigenvalue weighted by molar-refractivity contribution is 6.35. The molecule has 0 aromatic heterocycles. The van der Waals surface area contributed by atoms with Crippen molar-refractivity contribution in [2.75, 3.05) is 6.61 Å². The van der Waals surface area contributed by atoms with Gasteiger partial charge in [-0.05, 0) is 23.5 Å². The van der Waals surface area contributed by atoms with E-state index in [9.17, 15) is 14.4 Å². The molecule has 28 heavy (non-hydrogen) atoms. The van der Waals surface area contributed by atoms with Gasteiger partial charge in [-0.2, -0.15) is 0 Å². The Labute approximate surface area is 165 Å². The van der Waals surface area contributed by atoms with Gasteiger partial charge < -0.3 is 15.1 Å². The van der Waals surface area contributed by atoms with Crippen LogP contribution in [0.25, 0.3) is 6.08 Å². The molecular formula is C21H29NO6. The van der Waals surface area contributed by atoms with E-state index in [1.807, 2.05) is 50.3 Å². The standard InChI is InChI=1S/C15H19NO3.C6H10O3/c1-12(2)11-14(15(17)18)16-19-10-6-9-13-7-4-3-5-8-13;1-4(2)3-5(7)6(8)9/h3-9,12H,10-11H2,1-2H3,(H,17,18);4H,3H2,1-2H3,(H,8,9). The van der Waals surface area contributed by atoms with Crippen molar-refractivity contribution in [3.8, 4) is 0 Å². The summed E-state index contributed by atoms with van der Waals surface area (Å²) >= 11 is 0. The minimum atomic E-state index is -1.33. The summed E-state index contributed by atoms with van der Waals surface area (Å²) in [5.41, 5.74) is 1.12. The fourth-order valence-electron chi connectivity index (χ4n) is 1.91. The highest BCUT2D eigenvalue weighted by Crippen LogP contribution is 2.03. The highest BCUT2D eigenvalue weighted by atomic mass is 16.6. The largest absolute Gasteiger partial charge is 0.477 e. The van der Waals surface area contributed by atoms with Gasteiger partial charge in [-0.1, -0.05) is 69.3 Å². The van der Waals surface area contributed by atoms with Crippen LogP contribution in [-0.2, 0) is 19.2 Å². The van der Waals surface area contributed by atoms with Gasteiger partial charge in [0.05, 0.1) is 0 Å². The molecule has 0 radical (unpaired) electrons. The maximum absolute atomic E-state index is 10.9. The molecule has 0 amide bonds. The number of benzene rings is 1. The van der Waals surface area contributed by atoms with E-state index < -0.39 is 17.7 Å². The summed E-state index contributed by atoms with van der Waals surface area (Å²) in [6.07, 6.45) is 4.24. The first kappa shape index (κ1) is 25.0. The summed E-state index contributed by atoms with van der Waals surface area (Å²) in [6, 6.07) is 9.79. The number of ketones is 1. The third-order valence-electron chi connectivity index (χ3n) is 3.14. The molecule has 0 saturated heterocycles. The van der Waals surface area contributed by atoms with Gasteiger partial charge in [-0.3, -0.25) is 4.79 Å². The smallest absolute Gasteiger partial charge is 0.372 e. The lowest BCUT2D eigenvalue weighted by Crippen LogP contribution is -2.16. The number of hydrogen-bond acceptors (Lipinski definition) is 5. The van der Waals surface area contributed by atoms with Gasteiger partial charge in [0.1, 0.15) is 6.61 Å². The second-order valence-corrected chi connectivity index (χ2v) is 6.88. The van der Waals surface area contributed by atoms with Gasteiger partial charge in [-0.25, -0.2) is 9.59 Å². The maximum atomic E-state index is 10.9. The first-order valence-corrected chi connectivity index (χ1v) is 9.03. The Morgan fingerprint density at radius 3 is 1.96 bits per heavy atom. The molecule has 0 atom stereocenters. The van der Waals surface area contributed by atoms with E-state index in [2.05, 4.69) is 5.16 Å². The van der Waals surface area contributed by atoms with E-state index in [-0.39, 0.29) is 30.6 Å². The van der Waals surface area contributed by atoms with Gasteiger partial charge >= 0.3 is 11.9 Å². The van der Waals surface area contributed by atoms with Crippen molar-refractivity contribution in [2.24, 2.45) is 17.0 Å². The minimum Gasteiger partial charge on any atom is -0.477 e. The number of rotatable bonds is 10. The Bertz CT molecular complexity index is 677. The predicted octanol–water partition coefficient (Wildman–Crippen LogP) is 3.89. The SMILES string of the molecule is CC(C)CC(=NOCC=Cc1ccccc1)C(=O)O.CC(C)CC(=O)C(=O)O. The third kappa shape index (κ3) is 13.3. The Kier molecular flexibility index (Phi) is 12.6. The number of carbonyl (C=O) groups excluding carboxylic acids is 1. The van der Waals surface area contributed by atoms with Crippen LogP contribution in [0.1, 0.15) is 46.1 Å². The van der Waals surface area contributed by atoms with E-state index in [0.29, 0.717) is 6.42 Å². The highest BCUT2D eigenvalue weighted by Gasteiger charge is 2.12. The zero-order valence-corrected chi connectivity index (χ0v) is 16.8. The number of Topliss-reactive ketones (excluding diaryl/α,β-unsaturated/α-hetero) is 1. The topological polar surface area (TPSA) is 113 Å². The van der Waals surface area contributed by atoms with Crippen molar-refractivity contribution in [2.45, 2.75) is 40.5 Å². The van der Waals surface area contributed by atoms with E-state index in [1.54, 1.807) is 19.9 Å². The Balaban J connectivity index is 0.000000684. The zero-order valence-electron chi connectivity index (χ0n) is 16.8. The van der Waals surface area contributed by atoms with Crippen LogP contribution in [-0.4, -0.2) is 40.3 Å². The summed E-state index contributed by atoms with van der Waals surface area (Å²) in [7, 11) is 0. The lowest BCUT2D eigenvalue weighted by atomic mass is 10.1. The molecule has 154 valence electrons. The average Bonchev–Trinajstić information content (AvgIpc) is 2.60. The third-order valence-corrected chi connectivity index (χ3v) is 3.14. The van der Waals surface area contributed by atoms with Crippen LogP contribution >= 0.6 is 0 Å². The molecule has 0 aliphatic heterocycles. The molecule has 1 aromatic rings. The normalized spacial score (nSPS) is 11.3. The van der Waals surface area contributed by atoms with Crippen molar-refractivity contribution >= 4 is 29.5 Å². The molecule has 7 heteroatoms. The van der Waals surface area contributed by atoms with Gasteiger partial charge in [0.15, 0.2) is 5.71 Å². The molecule has 0 fully saturated rings. The molecule has 0 heterocycles. The number of nitrogens with zero attached hydrogens (tertiary/aromatic N) is 1. The van der Waals surface area contributed by atoms with Crippen LogP contribution in [0.4, 0.5) is 0 Å². The summed E-state index contributed by atoms with van der Waals surface area (Å²) in [6.45, 7) is 7.74. The summed E-state index contributed by atoms with van der Waals surface area (Å²) in [5, 5.41) is 20.7. The number of carboxylic acids is 2. The first-order valence-electron chi connectivity index (χ1n) is 9.03. The molecule has 0 aliphatic rings. The van der Waals surface area contributed by atoms with Crippen molar-refractivity contribution in [1.29, 1.82) is 0 Å². The lowest BCUT2D eigenvalue weighted by molar-refractivity contribution is -0.149. The van der Waals surface area contributed by atoms with Gasteiger partial charge in [0.25, 0.3) is 0 Å². The molecule has 2 N–H and O–H groups in total. The fraction of sp³-hybridized carbons (Fsp3) is 0.429. The van der Waals surface area contributed by atoms with Gasteiger partial charge in [-0.15, -0.1) is 0 Å². The minimum absolute atomic E-state index is 0.0584. The predicted molar refractivity (Wildman–Crippen MR) is 108 cm³/mol. The Hall–Kier alpha value is -2.96. The second kappa shape index (κ2) is 14.1. The fourth-order valence-corrected chi connectivity index (χ4v) is 1.91. The van der Waals surface area contributed by atoms with E-state index in [4.69, 9.17) is 15.1 Å². The molecule has 1 aromatic carbocycles. The van der Waals surface area contributed by atoms with Crippen molar-refractivity contribution in [3.05, 3.63) is 42.0 Å². The van der Waals surface area contributed by atoms with E-state index in [0.717, 1.165) is 5.56 Å². The Morgan fingerprint density at radius 2 is 1.54 bits per heavy atom. The van der Waals surface area contributed by atoms with E-state index in [1.165, 1.54) is 0 Å². The molecular weight excluding hydrogens is 362 g/mol. The van der Waals surface area contributed by atoms with Crippen LogP contribution in [0, 0.1) is 11.8 Å². The second-order valence-electron chi connectivity index (χ2n) is 6.88. The van der Waals surface area contributed by atoms with Crippen LogP contribution in [0.2, 0.25) is 0 Å². The molecule has 7 nitrogen and oxygen atoms in total. The van der Waals surface area contributed by atoms with Crippen LogP contribution < -0.4 is 0 Å². The number of carbonyl (C=O) groups is 3. The number of oxime groups is 1. The lowest BCUT2D eigenvalue weighted by Gasteiger charge is -2.03. The monoisotopic (exact) mass is 391 g/mol. The average molecular weight is 391 g/mol. The summed E-state index contributed by atoms with van der Waals surface area (Å²) in [4.78, 5) is 36.1. The number of aliphatic carboxylic acids is 2. The summed E-state index contributed by atoms with van der Waals surface area (Å²) < 4.78 is 0. The Morgan fingerprint density at radius 1 is 0.964 bits per heavy atom. The molecule has 0 saturated carbocycles. The molecule has 0 bridgehead atoms. The van der Waals surface area contributed by atoms with Crippen LogP contribution in [0.5, 0.6) is 0 Å². The molecule has 0 spiro atoms. The van der Waals surface area contributed by atoms with Gasteiger partial charge in [0, 0.05) is 12.8 Å². The zero-order chi connectivity index (χ0) is 21.5. The quantitative estimate of drug-likeness (QED) is 0.271. The molecule has 0 unspecified atom stereocenters. The maximum Gasteiger partial charge on any atom is 0.372 e. The number of hydrogen-bond donors (Lipinski definition) is 2.